The zero-order chi connectivity index (χ0) is 19.8. The lowest BCUT2D eigenvalue weighted by molar-refractivity contribution is 0.0934. The van der Waals surface area contributed by atoms with Crippen LogP contribution in [0, 0.1) is 19.7 Å². The highest BCUT2D eigenvalue weighted by atomic mass is 19.1. The molecule has 1 aromatic carbocycles. The van der Waals surface area contributed by atoms with Gasteiger partial charge in [-0.05, 0) is 51.1 Å². The van der Waals surface area contributed by atoms with Crippen LogP contribution in [0.25, 0.3) is 22.4 Å². The van der Waals surface area contributed by atoms with Crippen LogP contribution in [0.5, 0.6) is 0 Å². The summed E-state index contributed by atoms with van der Waals surface area (Å²) < 4.78 is 23.6. The molecule has 0 saturated carbocycles. The molecule has 8 nitrogen and oxygen atoms in total. The second-order valence-electron chi connectivity index (χ2n) is 6.39. The minimum atomic E-state index is -0.494. The number of amides is 1. The van der Waals surface area contributed by atoms with Gasteiger partial charge in [0, 0.05) is 5.56 Å². The standard InChI is InChI=1S/C19H16FN5O3/c1-9-16-14(17(26)21-10(2)18-22-11(3)25-27-18)8-15(23-19(16)28-24-9)12-4-6-13(20)7-5-12/h4-8,10H,1-3H3,(H,21,26). The number of hydrogen-bond donors (Lipinski definition) is 1. The molecule has 28 heavy (non-hydrogen) atoms. The van der Waals surface area contributed by atoms with Crippen LogP contribution < -0.4 is 5.32 Å². The first-order chi connectivity index (χ1) is 13.4. The number of aryl methyl sites for hydroxylation is 2. The first-order valence-corrected chi connectivity index (χ1v) is 8.56. The molecule has 1 N–H and O–H groups in total. The van der Waals surface area contributed by atoms with E-state index in [1.54, 1.807) is 39.0 Å². The Morgan fingerprint density at radius 1 is 1.11 bits per heavy atom. The van der Waals surface area contributed by atoms with Crippen molar-refractivity contribution in [2.45, 2.75) is 26.8 Å². The van der Waals surface area contributed by atoms with Crippen LogP contribution in [-0.2, 0) is 0 Å². The minimum absolute atomic E-state index is 0.228. The van der Waals surface area contributed by atoms with Crippen molar-refractivity contribution in [3.8, 4) is 11.3 Å². The highest BCUT2D eigenvalue weighted by molar-refractivity contribution is 6.07. The lowest BCUT2D eigenvalue weighted by atomic mass is 10.0. The maximum atomic E-state index is 13.2. The highest BCUT2D eigenvalue weighted by Crippen LogP contribution is 2.27. The van der Waals surface area contributed by atoms with Gasteiger partial charge in [-0.15, -0.1) is 0 Å². The molecule has 3 aromatic heterocycles. The number of pyridine rings is 1. The van der Waals surface area contributed by atoms with E-state index in [-0.39, 0.29) is 17.4 Å². The topological polar surface area (TPSA) is 107 Å². The number of halogens is 1. The predicted molar refractivity (Wildman–Crippen MR) is 96.9 cm³/mol. The van der Waals surface area contributed by atoms with Gasteiger partial charge in [0.25, 0.3) is 11.6 Å². The Morgan fingerprint density at radius 3 is 2.54 bits per heavy atom. The fourth-order valence-electron chi connectivity index (χ4n) is 2.87. The van der Waals surface area contributed by atoms with Crippen LogP contribution >= 0.6 is 0 Å². The molecule has 0 bridgehead atoms. The third-order valence-corrected chi connectivity index (χ3v) is 4.26. The molecule has 4 rings (SSSR count). The zero-order valence-electron chi connectivity index (χ0n) is 15.4. The largest absolute Gasteiger partial charge is 0.340 e. The average molecular weight is 381 g/mol. The lowest BCUT2D eigenvalue weighted by Crippen LogP contribution is -2.27. The second-order valence-corrected chi connectivity index (χ2v) is 6.39. The molecular formula is C19H16FN5O3. The van der Waals surface area contributed by atoms with Crippen molar-refractivity contribution in [3.05, 3.63) is 59.1 Å². The fraction of sp³-hybridized carbons (Fsp3) is 0.211. The number of rotatable bonds is 4. The Bertz CT molecular complexity index is 1170. The first kappa shape index (κ1) is 17.8. The van der Waals surface area contributed by atoms with E-state index in [1.807, 2.05) is 0 Å². The number of nitrogens with zero attached hydrogens (tertiary/aromatic N) is 4. The van der Waals surface area contributed by atoms with Crippen molar-refractivity contribution in [1.29, 1.82) is 0 Å². The van der Waals surface area contributed by atoms with E-state index in [1.165, 1.54) is 12.1 Å². The Labute approximate surface area is 158 Å². The van der Waals surface area contributed by atoms with E-state index in [4.69, 9.17) is 9.05 Å². The minimum Gasteiger partial charge on any atom is -0.340 e. The van der Waals surface area contributed by atoms with E-state index < -0.39 is 6.04 Å². The summed E-state index contributed by atoms with van der Waals surface area (Å²) in [4.78, 5) is 21.5. The van der Waals surface area contributed by atoms with Crippen LogP contribution in [0.4, 0.5) is 4.39 Å². The molecule has 1 amide bonds. The van der Waals surface area contributed by atoms with E-state index in [9.17, 15) is 9.18 Å². The Hall–Kier alpha value is -3.62. The third-order valence-electron chi connectivity index (χ3n) is 4.26. The van der Waals surface area contributed by atoms with Gasteiger partial charge in [-0.25, -0.2) is 9.37 Å². The van der Waals surface area contributed by atoms with Gasteiger partial charge in [0.2, 0.25) is 5.89 Å². The number of hydrogen-bond acceptors (Lipinski definition) is 7. The molecule has 4 aromatic rings. The van der Waals surface area contributed by atoms with Crippen LogP contribution in [0.1, 0.15) is 40.7 Å². The van der Waals surface area contributed by atoms with Gasteiger partial charge in [-0.1, -0.05) is 10.3 Å². The molecular weight excluding hydrogens is 365 g/mol. The summed E-state index contributed by atoms with van der Waals surface area (Å²) in [7, 11) is 0. The van der Waals surface area contributed by atoms with Crippen molar-refractivity contribution < 1.29 is 18.2 Å². The summed E-state index contributed by atoms with van der Waals surface area (Å²) in [5.74, 6) is 0.0558. The van der Waals surface area contributed by atoms with E-state index in [0.29, 0.717) is 39.6 Å². The molecule has 0 radical (unpaired) electrons. The summed E-state index contributed by atoms with van der Waals surface area (Å²) in [6, 6.07) is 6.95. The van der Waals surface area contributed by atoms with Gasteiger partial charge in [0.1, 0.15) is 11.9 Å². The molecule has 0 aliphatic carbocycles. The molecule has 1 atom stereocenters. The lowest BCUT2D eigenvalue weighted by Gasteiger charge is -2.11. The van der Waals surface area contributed by atoms with Gasteiger partial charge in [-0.2, -0.15) is 4.98 Å². The summed E-state index contributed by atoms with van der Waals surface area (Å²) in [5.41, 5.74) is 2.22. The molecule has 0 saturated heterocycles. The van der Waals surface area contributed by atoms with Gasteiger partial charge in [-0.3, -0.25) is 4.79 Å². The monoisotopic (exact) mass is 381 g/mol. The van der Waals surface area contributed by atoms with Crippen molar-refractivity contribution >= 4 is 17.0 Å². The molecule has 9 heteroatoms. The number of aromatic nitrogens is 4. The summed E-state index contributed by atoms with van der Waals surface area (Å²) in [6.07, 6.45) is 0. The molecule has 0 aliphatic heterocycles. The van der Waals surface area contributed by atoms with E-state index >= 15 is 0 Å². The Balaban J connectivity index is 1.75. The fourth-order valence-corrected chi connectivity index (χ4v) is 2.87. The summed E-state index contributed by atoms with van der Waals surface area (Å²) >= 11 is 0. The van der Waals surface area contributed by atoms with Crippen molar-refractivity contribution in [2.24, 2.45) is 0 Å². The van der Waals surface area contributed by atoms with Crippen LogP contribution in [-0.4, -0.2) is 26.2 Å². The van der Waals surface area contributed by atoms with Gasteiger partial charge < -0.3 is 14.4 Å². The number of carbonyl (C=O) groups excluding carboxylic acids is 1. The van der Waals surface area contributed by atoms with Gasteiger partial charge >= 0.3 is 0 Å². The third kappa shape index (κ3) is 3.22. The summed E-state index contributed by atoms with van der Waals surface area (Å²) in [6.45, 7) is 5.17. The zero-order valence-corrected chi connectivity index (χ0v) is 15.4. The summed E-state index contributed by atoms with van der Waals surface area (Å²) in [5, 5.41) is 11.0. The smallest absolute Gasteiger partial charge is 0.259 e. The first-order valence-electron chi connectivity index (χ1n) is 8.56. The molecule has 0 aliphatic rings. The van der Waals surface area contributed by atoms with Gasteiger partial charge in [0.15, 0.2) is 5.82 Å². The van der Waals surface area contributed by atoms with E-state index in [0.717, 1.165) is 0 Å². The number of nitrogens with one attached hydrogen (secondary N) is 1. The Kier molecular flexibility index (Phi) is 4.34. The molecule has 0 fully saturated rings. The van der Waals surface area contributed by atoms with Gasteiger partial charge in [0.05, 0.1) is 22.3 Å². The quantitative estimate of drug-likeness (QED) is 0.576. The number of benzene rings is 1. The molecule has 3 heterocycles. The van der Waals surface area contributed by atoms with Crippen LogP contribution in [0.2, 0.25) is 0 Å². The van der Waals surface area contributed by atoms with Crippen LogP contribution in [0.3, 0.4) is 0 Å². The predicted octanol–water partition coefficient (Wildman–Crippen LogP) is 3.52. The second kappa shape index (κ2) is 6.84. The van der Waals surface area contributed by atoms with Crippen molar-refractivity contribution in [1.82, 2.24) is 25.6 Å². The normalized spacial score (nSPS) is 12.3. The van der Waals surface area contributed by atoms with Crippen molar-refractivity contribution in [3.63, 3.8) is 0 Å². The molecule has 142 valence electrons. The van der Waals surface area contributed by atoms with E-state index in [2.05, 4.69) is 25.6 Å². The maximum Gasteiger partial charge on any atom is 0.259 e. The molecule has 0 spiro atoms. The number of carbonyl (C=O) groups is 1. The van der Waals surface area contributed by atoms with Crippen LogP contribution in [0.15, 0.2) is 39.4 Å². The number of fused-ring (bicyclic) bond motifs is 1. The average Bonchev–Trinajstić information content (AvgIpc) is 3.28. The van der Waals surface area contributed by atoms with Crippen molar-refractivity contribution in [2.75, 3.05) is 0 Å². The SMILES string of the molecule is Cc1noc(C(C)NC(=O)c2cc(-c3ccc(F)cc3)nc3onc(C)c23)n1. The molecule has 1 unspecified atom stereocenters. The Morgan fingerprint density at radius 2 is 1.86 bits per heavy atom. The highest BCUT2D eigenvalue weighted by Gasteiger charge is 2.22. The maximum absolute atomic E-state index is 13.2.